The van der Waals surface area contributed by atoms with Crippen LogP contribution in [-0.2, 0) is 4.79 Å². The normalized spacial score (nSPS) is 15.9. The number of carbonyl (C=O) groups excluding carboxylic acids is 2. The van der Waals surface area contributed by atoms with Crippen LogP contribution in [0.5, 0.6) is 11.5 Å². The summed E-state index contributed by atoms with van der Waals surface area (Å²) >= 11 is 6.15. The minimum absolute atomic E-state index is 0.0202. The summed E-state index contributed by atoms with van der Waals surface area (Å²) in [6, 6.07) is 11.2. The number of Topliss-reactive ketones (excluding diaryl/α,β-unsaturated/α-hetero) is 1. The first-order valence-corrected chi connectivity index (χ1v) is 11.6. The standard InChI is InChI=1S/C26H26ClNO6/c1-4-6-10-28-22(15-8-7-9-18(12-15)33-5-2)21(24(30)26(28)31)23(29)19-13-16-11-17(27)14-20(32-3)25(16)34-19/h7-9,11-14,22,30H,4-6,10H2,1-3H3. The summed E-state index contributed by atoms with van der Waals surface area (Å²) in [5, 5.41) is 11.8. The van der Waals surface area contributed by atoms with Crippen LogP contribution in [0.1, 0.15) is 48.8 Å². The van der Waals surface area contributed by atoms with Crippen molar-refractivity contribution in [3.05, 3.63) is 70.1 Å². The van der Waals surface area contributed by atoms with Gasteiger partial charge in [0.25, 0.3) is 5.91 Å². The van der Waals surface area contributed by atoms with Crippen LogP contribution in [0.3, 0.4) is 0 Å². The summed E-state index contributed by atoms with van der Waals surface area (Å²) in [5.41, 5.74) is 0.996. The van der Waals surface area contributed by atoms with Crippen LogP contribution in [-0.4, -0.2) is 42.0 Å². The first-order chi connectivity index (χ1) is 16.4. The van der Waals surface area contributed by atoms with Gasteiger partial charge in [0, 0.05) is 23.0 Å². The minimum Gasteiger partial charge on any atom is -0.503 e. The number of hydrogen-bond donors (Lipinski definition) is 1. The average molecular weight is 484 g/mol. The molecule has 1 amide bonds. The third-order valence-corrected chi connectivity index (χ3v) is 5.99. The number of nitrogens with zero attached hydrogens (tertiary/aromatic N) is 1. The van der Waals surface area contributed by atoms with Crippen LogP contribution in [0.2, 0.25) is 5.02 Å². The first-order valence-electron chi connectivity index (χ1n) is 11.2. The number of carbonyl (C=O) groups is 2. The number of aliphatic hydroxyl groups is 1. The van der Waals surface area contributed by atoms with Gasteiger partial charge in [-0.2, -0.15) is 0 Å². The van der Waals surface area contributed by atoms with Crippen molar-refractivity contribution < 1.29 is 28.6 Å². The summed E-state index contributed by atoms with van der Waals surface area (Å²) < 4.78 is 16.8. The largest absolute Gasteiger partial charge is 0.503 e. The van der Waals surface area contributed by atoms with Gasteiger partial charge in [0.15, 0.2) is 22.9 Å². The fraction of sp³-hybridized carbons (Fsp3) is 0.308. The Balaban J connectivity index is 1.82. The van der Waals surface area contributed by atoms with Crippen LogP contribution < -0.4 is 9.47 Å². The lowest BCUT2D eigenvalue weighted by Crippen LogP contribution is -2.32. The lowest BCUT2D eigenvalue weighted by molar-refractivity contribution is -0.129. The molecular weight excluding hydrogens is 458 g/mol. The quantitative estimate of drug-likeness (QED) is 0.383. The highest BCUT2D eigenvalue weighted by atomic mass is 35.5. The molecule has 0 aliphatic carbocycles. The fourth-order valence-corrected chi connectivity index (χ4v) is 4.43. The van der Waals surface area contributed by atoms with Gasteiger partial charge in [-0.15, -0.1) is 0 Å². The average Bonchev–Trinajstić information content (AvgIpc) is 3.36. The van der Waals surface area contributed by atoms with Crippen molar-refractivity contribution in [2.24, 2.45) is 0 Å². The topological polar surface area (TPSA) is 89.2 Å². The highest BCUT2D eigenvalue weighted by Gasteiger charge is 2.44. The summed E-state index contributed by atoms with van der Waals surface area (Å²) in [4.78, 5) is 28.2. The third-order valence-electron chi connectivity index (χ3n) is 5.78. The highest BCUT2D eigenvalue weighted by Crippen LogP contribution is 2.41. The molecule has 1 aliphatic rings. The van der Waals surface area contributed by atoms with E-state index in [4.69, 9.17) is 25.5 Å². The van der Waals surface area contributed by atoms with E-state index in [0.717, 1.165) is 12.8 Å². The molecule has 2 heterocycles. The molecule has 1 N–H and O–H groups in total. The summed E-state index contributed by atoms with van der Waals surface area (Å²) in [7, 11) is 1.48. The number of aliphatic hydroxyl groups excluding tert-OH is 1. The van der Waals surface area contributed by atoms with Gasteiger partial charge >= 0.3 is 0 Å². The van der Waals surface area contributed by atoms with E-state index in [1.54, 1.807) is 36.4 Å². The van der Waals surface area contributed by atoms with Crippen LogP contribution in [0.25, 0.3) is 11.0 Å². The Bertz CT molecular complexity index is 1280. The zero-order valence-electron chi connectivity index (χ0n) is 19.3. The van der Waals surface area contributed by atoms with E-state index in [9.17, 15) is 14.7 Å². The number of benzene rings is 2. The Labute approximate surface area is 202 Å². The van der Waals surface area contributed by atoms with Gasteiger partial charge in [-0.1, -0.05) is 37.1 Å². The van der Waals surface area contributed by atoms with E-state index < -0.39 is 23.5 Å². The molecule has 1 unspecified atom stereocenters. The Morgan fingerprint density at radius 2 is 2.00 bits per heavy atom. The molecule has 0 saturated heterocycles. The van der Waals surface area contributed by atoms with Crippen molar-refractivity contribution in [1.82, 2.24) is 4.90 Å². The summed E-state index contributed by atoms with van der Waals surface area (Å²) in [6.07, 6.45) is 1.58. The minimum atomic E-state index is -0.773. The fourth-order valence-electron chi connectivity index (χ4n) is 4.21. The zero-order chi connectivity index (χ0) is 24.4. The molecule has 4 rings (SSSR count). The number of hydrogen-bond acceptors (Lipinski definition) is 6. The van der Waals surface area contributed by atoms with E-state index in [2.05, 4.69) is 0 Å². The number of unbranched alkanes of at least 4 members (excludes halogenated alkanes) is 1. The van der Waals surface area contributed by atoms with Crippen molar-refractivity contribution in [1.29, 1.82) is 0 Å². The molecule has 0 fully saturated rings. The smallest absolute Gasteiger partial charge is 0.290 e. The maximum atomic E-state index is 13.7. The van der Waals surface area contributed by atoms with Crippen LogP contribution in [0.4, 0.5) is 0 Å². The summed E-state index contributed by atoms with van der Waals surface area (Å²) in [6.45, 7) is 4.76. The number of fused-ring (bicyclic) bond motifs is 1. The van der Waals surface area contributed by atoms with Crippen LogP contribution in [0.15, 0.2) is 58.2 Å². The van der Waals surface area contributed by atoms with Gasteiger partial charge in [-0.25, -0.2) is 0 Å². The molecule has 8 heteroatoms. The second-order valence-electron chi connectivity index (χ2n) is 7.99. The van der Waals surface area contributed by atoms with Gasteiger partial charge in [0.1, 0.15) is 5.75 Å². The molecule has 34 heavy (non-hydrogen) atoms. The van der Waals surface area contributed by atoms with Crippen molar-refractivity contribution in [3.8, 4) is 11.5 Å². The number of halogens is 1. The Morgan fingerprint density at radius 1 is 1.21 bits per heavy atom. The number of amides is 1. The monoisotopic (exact) mass is 483 g/mol. The maximum Gasteiger partial charge on any atom is 0.290 e. The van der Waals surface area contributed by atoms with Crippen LogP contribution in [0, 0.1) is 0 Å². The lowest BCUT2D eigenvalue weighted by Gasteiger charge is -2.26. The second kappa shape index (κ2) is 9.81. The molecule has 1 atom stereocenters. The Kier molecular flexibility index (Phi) is 6.84. The van der Waals surface area contributed by atoms with E-state index in [1.165, 1.54) is 12.0 Å². The van der Waals surface area contributed by atoms with Gasteiger partial charge in [-0.3, -0.25) is 9.59 Å². The molecule has 0 spiro atoms. The highest BCUT2D eigenvalue weighted by molar-refractivity contribution is 6.31. The predicted octanol–water partition coefficient (Wildman–Crippen LogP) is 5.87. The van der Waals surface area contributed by atoms with Crippen molar-refractivity contribution >= 4 is 34.3 Å². The molecule has 178 valence electrons. The molecule has 1 aromatic heterocycles. The van der Waals surface area contributed by atoms with E-state index in [1.807, 2.05) is 19.9 Å². The van der Waals surface area contributed by atoms with Gasteiger partial charge < -0.3 is 23.9 Å². The van der Waals surface area contributed by atoms with Gasteiger partial charge in [0.05, 0.1) is 25.3 Å². The number of rotatable bonds is 9. The molecule has 0 bridgehead atoms. The maximum absolute atomic E-state index is 13.7. The number of ether oxygens (including phenoxy) is 2. The lowest BCUT2D eigenvalue weighted by atomic mass is 9.94. The van der Waals surface area contributed by atoms with E-state index >= 15 is 0 Å². The third kappa shape index (κ3) is 4.23. The molecule has 0 saturated carbocycles. The molecule has 1 aliphatic heterocycles. The SMILES string of the molecule is CCCCN1C(=O)C(O)=C(C(=O)c2cc3cc(Cl)cc(OC)c3o2)C1c1cccc(OCC)c1. The molecule has 0 radical (unpaired) electrons. The summed E-state index contributed by atoms with van der Waals surface area (Å²) in [5.74, 6) is -0.755. The molecule has 2 aromatic carbocycles. The Hall–Kier alpha value is -3.45. The van der Waals surface area contributed by atoms with Crippen molar-refractivity contribution in [2.45, 2.75) is 32.7 Å². The Morgan fingerprint density at radius 3 is 2.71 bits per heavy atom. The van der Waals surface area contributed by atoms with E-state index in [0.29, 0.717) is 46.2 Å². The predicted molar refractivity (Wildman–Crippen MR) is 129 cm³/mol. The van der Waals surface area contributed by atoms with Crippen molar-refractivity contribution in [2.75, 3.05) is 20.3 Å². The van der Waals surface area contributed by atoms with Crippen molar-refractivity contribution in [3.63, 3.8) is 0 Å². The van der Waals surface area contributed by atoms with E-state index in [-0.39, 0.29) is 11.3 Å². The number of methoxy groups -OCH3 is 1. The molecule has 3 aromatic rings. The number of furan rings is 1. The van der Waals surface area contributed by atoms with Gasteiger partial charge in [0.2, 0.25) is 5.78 Å². The molecule has 7 nitrogen and oxygen atoms in total. The van der Waals surface area contributed by atoms with Gasteiger partial charge in [-0.05, 0) is 43.2 Å². The number of ketones is 1. The second-order valence-corrected chi connectivity index (χ2v) is 8.43. The van der Waals surface area contributed by atoms with Crippen LogP contribution >= 0.6 is 11.6 Å². The zero-order valence-corrected chi connectivity index (χ0v) is 20.0. The first kappa shape index (κ1) is 23.7. The molecular formula is C26H26ClNO6.